The van der Waals surface area contributed by atoms with E-state index in [-0.39, 0.29) is 5.75 Å². The molecule has 0 bridgehead atoms. The fourth-order valence-corrected chi connectivity index (χ4v) is 1.67. The maximum Gasteiger partial charge on any atom is 0.149 e. The molecule has 0 spiro atoms. The number of aryl methyl sites for hydroxylation is 1. The Labute approximate surface area is 90.4 Å². The van der Waals surface area contributed by atoms with Crippen LogP contribution in [0.15, 0.2) is 18.2 Å². The van der Waals surface area contributed by atoms with E-state index in [0.717, 1.165) is 11.3 Å². The van der Waals surface area contributed by atoms with Crippen molar-refractivity contribution < 1.29 is 8.42 Å². The zero-order valence-corrected chi connectivity index (χ0v) is 9.76. The summed E-state index contributed by atoms with van der Waals surface area (Å²) in [5.41, 5.74) is 8.24. The first-order chi connectivity index (χ1) is 6.88. The number of nitrogens with one attached hydrogen (secondary N) is 1. The summed E-state index contributed by atoms with van der Waals surface area (Å²) in [6, 6.07) is 5.52. The third-order valence-corrected chi connectivity index (χ3v) is 3.00. The molecule has 0 fully saturated rings. The van der Waals surface area contributed by atoms with Crippen LogP contribution in [-0.4, -0.2) is 27.0 Å². The molecule has 1 aromatic rings. The van der Waals surface area contributed by atoms with Crippen LogP contribution in [0.1, 0.15) is 5.56 Å². The average Bonchev–Trinajstić information content (AvgIpc) is 2.09. The first-order valence-electron chi connectivity index (χ1n) is 4.66. The monoisotopic (exact) mass is 228 g/mol. The molecule has 0 heterocycles. The second kappa shape index (κ2) is 4.53. The first kappa shape index (κ1) is 11.8. The fourth-order valence-electron chi connectivity index (χ4n) is 1.20. The summed E-state index contributed by atoms with van der Waals surface area (Å²) in [5.74, 6) is 0.126. The molecule has 3 N–H and O–H groups in total. The molecule has 0 saturated heterocycles. The molecule has 0 atom stereocenters. The second-order valence-corrected chi connectivity index (χ2v) is 5.89. The van der Waals surface area contributed by atoms with E-state index in [1.165, 1.54) is 6.26 Å². The number of nitrogen functional groups attached to an aromatic ring is 1. The van der Waals surface area contributed by atoms with Gasteiger partial charge in [-0.15, -0.1) is 0 Å². The normalized spacial score (nSPS) is 11.3. The molecule has 0 aromatic heterocycles. The molecule has 1 rings (SSSR count). The Morgan fingerprint density at radius 1 is 1.40 bits per heavy atom. The number of rotatable bonds is 4. The molecule has 5 heteroatoms. The summed E-state index contributed by atoms with van der Waals surface area (Å²) in [5, 5.41) is 3.05. The maximum absolute atomic E-state index is 10.9. The van der Waals surface area contributed by atoms with Gasteiger partial charge >= 0.3 is 0 Å². The van der Waals surface area contributed by atoms with Crippen molar-refractivity contribution in [2.24, 2.45) is 0 Å². The number of nitrogens with two attached hydrogens (primary N) is 1. The summed E-state index contributed by atoms with van der Waals surface area (Å²) >= 11 is 0. The average molecular weight is 228 g/mol. The van der Waals surface area contributed by atoms with Crippen LogP contribution in [0.25, 0.3) is 0 Å². The quantitative estimate of drug-likeness (QED) is 0.755. The Hall–Kier alpha value is -1.23. The lowest BCUT2D eigenvalue weighted by atomic mass is 10.2. The minimum Gasteiger partial charge on any atom is -0.399 e. The van der Waals surface area contributed by atoms with Crippen molar-refractivity contribution in [2.75, 3.05) is 29.6 Å². The van der Waals surface area contributed by atoms with Crippen molar-refractivity contribution >= 4 is 21.2 Å². The van der Waals surface area contributed by atoms with Crippen LogP contribution in [0.5, 0.6) is 0 Å². The Kier molecular flexibility index (Phi) is 3.57. The minimum atomic E-state index is -2.91. The van der Waals surface area contributed by atoms with Crippen molar-refractivity contribution in [3.63, 3.8) is 0 Å². The van der Waals surface area contributed by atoms with Crippen LogP contribution in [0.3, 0.4) is 0 Å². The molecule has 0 saturated carbocycles. The molecule has 0 aliphatic heterocycles. The van der Waals surface area contributed by atoms with Gasteiger partial charge in [-0.3, -0.25) is 0 Å². The van der Waals surface area contributed by atoms with E-state index in [0.29, 0.717) is 12.2 Å². The Morgan fingerprint density at radius 3 is 2.67 bits per heavy atom. The summed E-state index contributed by atoms with van der Waals surface area (Å²) in [7, 11) is -2.91. The largest absolute Gasteiger partial charge is 0.399 e. The maximum atomic E-state index is 10.9. The molecule has 0 aliphatic rings. The van der Waals surface area contributed by atoms with Gasteiger partial charge in [-0.05, 0) is 24.6 Å². The topological polar surface area (TPSA) is 72.2 Å². The van der Waals surface area contributed by atoms with Gasteiger partial charge in [-0.1, -0.05) is 6.07 Å². The van der Waals surface area contributed by atoms with Crippen LogP contribution >= 0.6 is 0 Å². The van der Waals surface area contributed by atoms with Gasteiger partial charge in [-0.2, -0.15) is 0 Å². The van der Waals surface area contributed by atoms with Crippen molar-refractivity contribution in [1.29, 1.82) is 0 Å². The first-order valence-corrected chi connectivity index (χ1v) is 6.72. The summed E-state index contributed by atoms with van der Waals surface area (Å²) in [6.07, 6.45) is 1.22. The summed E-state index contributed by atoms with van der Waals surface area (Å²) in [4.78, 5) is 0. The highest BCUT2D eigenvalue weighted by molar-refractivity contribution is 7.90. The Balaban J connectivity index is 2.61. The number of hydrogen-bond acceptors (Lipinski definition) is 4. The van der Waals surface area contributed by atoms with Gasteiger partial charge in [0.1, 0.15) is 9.84 Å². The molecule has 0 amide bonds. The number of benzene rings is 1. The number of hydrogen-bond donors (Lipinski definition) is 2. The molecular formula is C10H16N2O2S. The summed E-state index contributed by atoms with van der Waals surface area (Å²) in [6.45, 7) is 2.35. The second-order valence-electron chi connectivity index (χ2n) is 3.63. The van der Waals surface area contributed by atoms with Crippen molar-refractivity contribution in [3.8, 4) is 0 Å². The lowest BCUT2D eigenvalue weighted by molar-refractivity contribution is 0.602. The predicted molar refractivity (Wildman–Crippen MR) is 63.8 cm³/mol. The van der Waals surface area contributed by atoms with Gasteiger partial charge in [-0.25, -0.2) is 8.42 Å². The molecule has 84 valence electrons. The van der Waals surface area contributed by atoms with Crippen molar-refractivity contribution in [3.05, 3.63) is 23.8 Å². The van der Waals surface area contributed by atoms with Gasteiger partial charge < -0.3 is 11.1 Å². The van der Waals surface area contributed by atoms with Crippen molar-refractivity contribution in [2.45, 2.75) is 6.92 Å². The van der Waals surface area contributed by atoms with E-state index in [1.807, 2.05) is 19.1 Å². The van der Waals surface area contributed by atoms with Gasteiger partial charge in [0.25, 0.3) is 0 Å². The van der Waals surface area contributed by atoms with Crippen molar-refractivity contribution in [1.82, 2.24) is 0 Å². The Morgan fingerprint density at radius 2 is 2.07 bits per heavy atom. The highest BCUT2D eigenvalue weighted by Crippen LogP contribution is 2.17. The van der Waals surface area contributed by atoms with E-state index in [4.69, 9.17) is 5.73 Å². The van der Waals surface area contributed by atoms with Crippen LogP contribution < -0.4 is 11.1 Å². The van der Waals surface area contributed by atoms with Gasteiger partial charge in [0.15, 0.2) is 0 Å². The molecule has 0 radical (unpaired) electrons. The third kappa shape index (κ3) is 4.20. The number of anilines is 2. The van der Waals surface area contributed by atoms with E-state index in [1.54, 1.807) is 6.07 Å². The fraction of sp³-hybridized carbons (Fsp3) is 0.400. The number of sulfone groups is 1. The van der Waals surface area contributed by atoms with E-state index >= 15 is 0 Å². The third-order valence-electron chi connectivity index (χ3n) is 2.05. The van der Waals surface area contributed by atoms with Gasteiger partial charge in [0.05, 0.1) is 5.75 Å². The smallest absolute Gasteiger partial charge is 0.149 e. The lowest BCUT2D eigenvalue weighted by Crippen LogP contribution is -2.14. The Bertz CT molecular complexity index is 441. The molecular weight excluding hydrogens is 212 g/mol. The molecule has 1 aromatic carbocycles. The van der Waals surface area contributed by atoms with E-state index in [9.17, 15) is 8.42 Å². The van der Waals surface area contributed by atoms with Gasteiger partial charge in [0.2, 0.25) is 0 Å². The predicted octanol–water partition coefficient (Wildman–Crippen LogP) is 1.03. The molecule has 0 unspecified atom stereocenters. The van der Waals surface area contributed by atoms with Crippen LogP contribution in [0.4, 0.5) is 11.4 Å². The molecule has 4 nitrogen and oxygen atoms in total. The SMILES string of the molecule is Cc1ccc(N)cc1NCCS(C)(=O)=O. The van der Waals surface area contributed by atoms with Crippen LogP contribution in [-0.2, 0) is 9.84 Å². The zero-order valence-electron chi connectivity index (χ0n) is 8.95. The zero-order chi connectivity index (χ0) is 11.5. The lowest BCUT2D eigenvalue weighted by Gasteiger charge is -2.09. The van der Waals surface area contributed by atoms with Crippen LogP contribution in [0, 0.1) is 6.92 Å². The highest BCUT2D eigenvalue weighted by Gasteiger charge is 2.02. The van der Waals surface area contributed by atoms with E-state index < -0.39 is 9.84 Å². The minimum absolute atomic E-state index is 0.126. The summed E-state index contributed by atoms with van der Waals surface area (Å²) < 4.78 is 21.8. The van der Waals surface area contributed by atoms with E-state index in [2.05, 4.69) is 5.32 Å². The van der Waals surface area contributed by atoms with Crippen LogP contribution in [0.2, 0.25) is 0 Å². The highest BCUT2D eigenvalue weighted by atomic mass is 32.2. The molecule has 15 heavy (non-hydrogen) atoms. The molecule has 0 aliphatic carbocycles. The van der Waals surface area contributed by atoms with Gasteiger partial charge in [0, 0.05) is 24.2 Å². The standard InChI is InChI=1S/C10H16N2O2S/c1-8-3-4-9(11)7-10(8)12-5-6-15(2,13)14/h3-4,7,12H,5-6,11H2,1-2H3.